The molecule has 0 unspecified atom stereocenters. The van der Waals surface area contributed by atoms with Gasteiger partial charge in [-0.05, 0) is 6.07 Å². The minimum atomic E-state index is 0.336. The second-order valence-electron chi connectivity index (χ2n) is 5.93. The Morgan fingerprint density at radius 3 is 2.70 bits per heavy atom. The molecule has 1 fully saturated rings. The van der Waals surface area contributed by atoms with Gasteiger partial charge in [0.05, 0.1) is 6.54 Å². The molecule has 23 heavy (non-hydrogen) atoms. The molecule has 0 saturated carbocycles. The number of piperazine rings is 1. The predicted molar refractivity (Wildman–Crippen MR) is 84.3 cm³/mol. The lowest BCUT2D eigenvalue weighted by Crippen LogP contribution is -2.46. The number of para-hydroxylation sites is 1. The van der Waals surface area contributed by atoms with Crippen LogP contribution in [-0.4, -0.2) is 64.1 Å². The Kier molecular flexibility index (Phi) is 4.12. The van der Waals surface area contributed by atoms with Crippen molar-refractivity contribution in [3.8, 4) is 11.5 Å². The molecular formula is C16H21N5O2. The smallest absolute Gasteiger partial charge is 0.231 e. The molecule has 0 atom stereocenters. The van der Waals surface area contributed by atoms with Gasteiger partial charge in [0.1, 0.15) is 12.7 Å². The van der Waals surface area contributed by atoms with Gasteiger partial charge in [0, 0.05) is 44.8 Å². The van der Waals surface area contributed by atoms with Crippen LogP contribution < -0.4 is 9.47 Å². The average Bonchev–Trinajstić information content (AvgIpc) is 3.26. The molecule has 122 valence electrons. The quantitative estimate of drug-likeness (QED) is 0.814. The third-order valence-electron chi connectivity index (χ3n) is 4.45. The Hall–Kier alpha value is -2.12. The number of aromatic nitrogens is 3. The first-order valence-electron chi connectivity index (χ1n) is 8.03. The van der Waals surface area contributed by atoms with E-state index in [2.05, 4.69) is 25.9 Å². The van der Waals surface area contributed by atoms with E-state index in [0.29, 0.717) is 6.79 Å². The van der Waals surface area contributed by atoms with Crippen molar-refractivity contribution < 1.29 is 9.47 Å². The number of fused-ring (bicyclic) bond motifs is 1. The van der Waals surface area contributed by atoms with Crippen LogP contribution in [-0.2, 0) is 13.1 Å². The first-order chi connectivity index (χ1) is 11.4. The monoisotopic (exact) mass is 315 g/mol. The fourth-order valence-corrected chi connectivity index (χ4v) is 3.12. The van der Waals surface area contributed by atoms with Crippen molar-refractivity contribution in [1.29, 1.82) is 0 Å². The van der Waals surface area contributed by atoms with Gasteiger partial charge in [-0.3, -0.25) is 14.5 Å². The van der Waals surface area contributed by atoms with Crippen molar-refractivity contribution >= 4 is 0 Å². The van der Waals surface area contributed by atoms with E-state index in [9.17, 15) is 0 Å². The van der Waals surface area contributed by atoms with Gasteiger partial charge in [0.15, 0.2) is 11.5 Å². The highest BCUT2D eigenvalue weighted by molar-refractivity contribution is 5.48. The molecule has 7 heteroatoms. The van der Waals surface area contributed by atoms with E-state index in [-0.39, 0.29) is 0 Å². The van der Waals surface area contributed by atoms with Crippen LogP contribution in [0.1, 0.15) is 5.56 Å². The highest BCUT2D eigenvalue weighted by Gasteiger charge is 2.21. The zero-order valence-electron chi connectivity index (χ0n) is 13.1. The number of hydrogen-bond acceptors (Lipinski definition) is 6. The lowest BCUT2D eigenvalue weighted by molar-refractivity contribution is 0.121. The van der Waals surface area contributed by atoms with E-state index in [1.165, 1.54) is 5.56 Å². The zero-order chi connectivity index (χ0) is 15.5. The number of hydrogen-bond donors (Lipinski definition) is 0. The molecule has 2 aliphatic heterocycles. The van der Waals surface area contributed by atoms with Crippen molar-refractivity contribution in [2.45, 2.75) is 13.1 Å². The van der Waals surface area contributed by atoms with Gasteiger partial charge in [-0.15, -0.1) is 0 Å². The van der Waals surface area contributed by atoms with Gasteiger partial charge in [-0.25, -0.2) is 4.98 Å². The number of nitrogens with zero attached hydrogens (tertiary/aromatic N) is 5. The molecule has 2 aromatic rings. The fourth-order valence-electron chi connectivity index (χ4n) is 3.12. The molecule has 1 aromatic heterocycles. The van der Waals surface area contributed by atoms with Crippen LogP contribution in [0.5, 0.6) is 11.5 Å². The van der Waals surface area contributed by atoms with Gasteiger partial charge >= 0.3 is 0 Å². The van der Waals surface area contributed by atoms with Gasteiger partial charge in [0.2, 0.25) is 6.79 Å². The van der Waals surface area contributed by atoms with Crippen LogP contribution in [0.15, 0.2) is 30.9 Å². The van der Waals surface area contributed by atoms with Crippen molar-refractivity contribution in [3.63, 3.8) is 0 Å². The molecule has 0 bridgehead atoms. The van der Waals surface area contributed by atoms with E-state index >= 15 is 0 Å². The van der Waals surface area contributed by atoms with Crippen molar-refractivity contribution in [3.05, 3.63) is 36.4 Å². The zero-order valence-corrected chi connectivity index (χ0v) is 13.1. The minimum absolute atomic E-state index is 0.336. The summed E-state index contributed by atoms with van der Waals surface area (Å²) in [6, 6.07) is 6.13. The summed E-state index contributed by atoms with van der Waals surface area (Å²) in [6.45, 7) is 7.49. The molecule has 3 heterocycles. The Labute approximate surface area is 135 Å². The van der Waals surface area contributed by atoms with Gasteiger partial charge in [0.25, 0.3) is 0 Å². The summed E-state index contributed by atoms with van der Waals surface area (Å²) in [5.74, 6) is 1.79. The van der Waals surface area contributed by atoms with E-state index in [1.807, 2.05) is 16.8 Å². The van der Waals surface area contributed by atoms with Gasteiger partial charge < -0.3 is 9.47 Å². The molecule has 0 radical (unpaired) electrons. The summed E-state index contributed by atoms with van der Waals surface area (Å²) in [5, 5.41) is 4.15. The molecule has 2 aliphatic rings. The van der Waals surface area contributed by atoms with Crippen molar-refractivity contribution in [2.24, 2.45) is 0 Å². The molecule has 1 saturated heterocycles. The highest BCUT2D eigenvalue weighted by Crippen LogP contribution is 2.35. The molecule has 4 rings (SSSR count). The Balaban J connectivity index is 1.28. The van der Waals surface area contributed by atoms with E-state index < -0.39 is 0 Å². The maximum Gasteiger partial charge on any atom is 0.231 e. The van der Waals surface area contributed by atoms with Gasteiger partial charge in [-0.2, -0.15) is 5.10 Å². The van der Waals surface area contributed by atoms with E-state index in [4.69, 9.17) is 9.47 Å². The minimum Gasteiger partial charge on any atom is -0.454 e. The van der Waals surface area contributed by atoms with Crippen LogP contribution in [0.3, 0.4) is 0 Å². The maximum atomic E-state index is 5.60. The second-order valence-corrected chi connectivity index (χ2v) is 5.93. The molecular weight excluding hydrogens is 294 g/mol. The predicted octanol–water partition coefficient (Wildman–Crippen LogP) is 0.825. The van der Waals surface area contributed by atoms with Crippen LogP contribution in [0.25, 0.3) is 0 Å². The highest BCUT2D eigenvalue weighted by atomic mass is 16.7. The van der Waals surface area contributed by atoms with Crippen LogP contribution in [0, 0.1) is 0 Å². The van der Waals surface area contributed by atoms with E-state index in [1.54, 1.807) is 12.7 Å². The number of benzene rings is 1. The third-order valence-corrected chi connectivity index (χ3v) is 4.45. The SMILES string of the molecule is c1cc(CN2CCN(CCn3cncn3)CC2)c2c(c1)OCO2. The van der Waals surface area contributed by atoms with Crippen LogP contribution in [0.2, 0.25) is 0 Å². The standard InChI is InChI=1S/C16H21N5O2/c1-2-14(16-15(3-1)22-13-23-16)10-20-6-4-19(5-7-20)8-9-21-12-17-11-18-21/h1-3,11-12H,4-10,13H2. The number of ether oxygens (including phenoxy) is 2. The molecule has 0 spiro atoms. The van der Waals surface area contributed by atoms with Crippen molar-refractivity contribution in [1.82, 2.24) is 24.6 Å². The fraction of sp³-hybridized carbons (Fsp3) is 0.500. The Morgan fingerprint density at radius 2 is 1.87 bits per heavy atom. The summed E-state index contributed by atoms with van der Waals surface area (Å²) in [4.78, 5) is 8.93. The summed E-state index contributed by atoms with van der Waals surface area (Å²) >= 11 is 0. The third kappa shape index (κ3) is 3.30. The van der Waals surface area contributed by atoms with Crippen LogP contribution in [0.4, 0.5) is 0 Å². The first-order valence-corrected chi connectivity index (χ1v) is 8.03. The summed E-state index contributed by atoms with van der Waals surface area (Å²) in [7, 11) is 0. The molecule has 0 N–H and O–H groups in total. The summed E-state index contributed by atoms with van der Waals surface area (Å²) in [5.41, 5.74) is 1.22. The molecule has 7 nitrogen and oxygen atoms in total. The Morgan fingerprint density at radius 1 is 1.00 bits per heavy atom. The van der Waals surface area contributed by atoms with Gasteiger partial charge in [-0.1, -0.05) is 12.1 Å². The molecule has 0 aliphatic carbocycles. The summed E-state index contributed by atoms with van der Waals surface area (Å²) in [6.07, 6.45) is 3.36. The molecule has 0 amide bonds. The molecule has 1 aromatic carbocycles. The lowest BCUT2D eigenvalue weighted by Gasteiger charge is -2.34. The second kappa shape index (κ2) is 6.55. The largest absolute Gasteiger partial charge is 0.454 e. The number of rotatable bonds is 5. The van der Waals surface area contributed by atoms with Crippen molar-refractivity contribution in [2.75, 3.05) is 39.5 Å². The summed E-state index contributed by atoms with van der Waals surface area (Å²) < 4.78 is 12.9. The first kappa shape index (κ1) is 14.5. The lowest BCUT2D eigenvalue weighted by atomic mass is 10.1. The van der Waals surface area contributed by atoms with Crippen LogP contribution >= 0.6 is 0 Å². The maximum absolute atomic E-state index is 5.60. The average molecular weight is 315 g/mol. The van der Waals surface area contributed by atoms with E-state index in [0.717, 1.165) is 57.3 Å². The normalized spacial score (nSPS) is 18.4. The topological polar surface area (TPSA) is 55.7 Å². The Bertz CT molecular complexity index is 638.